The van der Waals surface area contributed by atoms with E-state index in [2.05, 4.69) is 27.9 Å². The number of hydrogen-bond donors (Lipinski definition) is 1. The van der Waals surface area contributed by atoms with Crippen molar-refractivity contribution < 1.29 is 9.59 Å². The highest BCUT2D eigenvalue weighted by molar-refractivity contribution is 14.1. The van der Waals surface area contributed by atoms with E-state index in [9.17, 15) is 9.59 Å². The summed E-state index contributed by atoms with van der Waals surface area (Å²) in [5.41, 5.74) is 2.85. The lowest BCUT2D eigenvalue weighted by Gasteiger charge is -2.14. The molecule has 0 spiro atoms. The summed E-state index contributed by atoms with van der Waals surface area (Å²) in [6.45, 7) is 2.40. The van der Waals surface area contributed by atoms with Gasteiger partial charge in [0.1, 0.15) is 4.32 Å². The maximum Gasteiger partial charge on any atom is 0.266 e. The summed E-state index contributed by atoms with van der Waals surface area (Å²) in [7, 11) is 0. The summed E-state index contributed by atoms with van der Waals surface area (Å²) in [5, 5.41) is 2.88. The van der Waals surface area contributed by atoms with Crippen molar-refractivity contribution in [3.05, 3.63) is 80.3 Å². The molecule has 2 aromatic rings. The van der Waals surface area contributed by atoms with Gasteiger partial charge in [0.25, 0.3) is 5.91 Å². The number of benzene rings is 2. The molecule has 154 valence electrons. The lowest BCUT2D eigenvalue weighted by atomic mass is 10.1. The third-order valence-corrected chi connectivity index (χ3v) is 6.37. The number of anilines is 1. The molecule has 2 aromatic carbocycles. The molecule has 1 N–H and O–H groups in total. The van der Waals surface area contributed by atoms with Gasteiger partial charge in [0.2, 0.25) is 5.91 Å². The Labute approximate surface area is 199 Å². The summed E-state index contributed by atoms with van der Waals surface area (Å²) >= 11 is 8.90. The maximum atomic E-state index is 12.7. The van der Waals surface area contributed by atoms with Gasteiger partial charge in [0, 0.05) is 22.2 Å². The van der Waals surface area contributed by atoms with Gasteiger partial charge in [-0.15, -0.1) is 0 Å². The largest absolute Gasteiger partial charge is 0.326 e. The van der Waals surface area contributed by atoms with Crippen molar-refractivity contribution in [2.24, 2.45) is 0 Å². The first-order chi connectivity index (χ1) is 14.4. The summed E-state index contributed by atoms with van der Waals surface area (Å²) in [4.78, 5) is 27.1. The molecule has 2 amide bonds. The fourth-order valence-corrected chi connectivity index (χ4v) is 4.84. The van der Waals surface area contributed by atoms with Crippen LogP contribution in [0, 0.1) is 3.57 Å². The first-order valence-electron chi connectivity index (χ1n) is 9.46. The number of nitrogens with zero attached hydrogens (tertiary/aromatic N) is 1. The van der Waals surface area contributed by atoms with E-state index >= 15 is 0 Å². The van der Waals surface area contributed by atoms with Gasteiger partial charge in [-0.25, -0.2) is 0 Å². The first-order valence-corrected chi connectivity index (χ1v) is 11.8. The number of carbonyl (C=O) groups is 2. The second-order valence-electron chi connectivity index (χ2n) is 6.79. The summed E-state index contributed by atoms with van der Waals surface area (Å²) < 4.78 is 1.60. The molecule has 0 saturated carbocycles. The molecule has 4 nitrogen and oxygen atoms in total. The molecule has 1 saturated heterocycles. The first kappa shape index (κ1) is 22.7. The van der Waals surface area contributed by atoms with Crippen LogP contribution in [0.4, 0.5) is 5.69 Å². The lowest BCUT2D eigenvalue weighted by Crippen LogP contribution is -2.29. The van der Waals surface area contributed by atoms with Gasteiger partial charge in [0.15, 0.2) is 0 Å². The Morgan fingerprint density at radius 2 is 1.97 bits per heavy atom. The number of carbonyl (C=O) groups excluding carboxylic acids is 2. The second kappa shape index (κ2) is 10.9. The number of nitrogens with one attached hydrogen (secondary N) is 1. The summed E-state index contributed by atoms with van der Waals surface area (Å²) in [5.74, 6) is -0.163. The molecule has 0 atom stereocenters. The number of hydrogen-bond acceptors (Lipinski definition) is 4. The molecule has 0 aromatic heterocycles. The quantitative estimate of drug-likeness (QED) is 0.268. The van der Waals surface area contributed by atoms with E-state index in [1.807, 2.05) is 73.7 Å². The van der Waals surface area contributed by atoms with Crippen LogP contribution in [0.15, 0.2) is 71.2 Å². The van der Waals surface area contributed by atoms with E-state index in [1.165, 1.54) is 11.8 Å². The van der Waals surface area contributed by atoms with E-state index in [4.69, 9.17) is 12.2 Å². The van der Waals surface area contributed by atoms with Crippen LogP contribution in [-0.2, 0) is 9.59 Å². The van der Waals surface area contributed by atoms with Crippen LogP contribution in [0.3, 0.4) is 0 Å². The zero-order valence-corrected chi connectivity index (χ0v) is 20.2. The molecule has 7 heteroatoms. The Hall–Kier alpha value is -1.97. The van der Waals surface area contributed by atoms with Gasteiger partial charge in [-0.3, -0.25) is 14.5 Å². The van der Waals surface area contributed by atoms with Crippen LogP contribution in [0.25, 0.3) is 6.08 Å². The molecule has 3 rings (SSSR count). The van der Waals surface area contributed by atoms with Crippen LogP contribution >= 0.6 is 46.6 Å². The smallest absolute Gasteiger partial charge is 0.266 e. The normalized spacial score (nSPS) is 15.7. The number of amides is 2. The van der Waals surface area contributed by atoms with Gasteiger partial charge >= 0.3 is 0 Å². The molecule has 30 heavy (non-hydrogen) atoms. The SMILES string of the molecule is CC(/C=C1\SC(=S)N(CCCC(=O)Nc2cccc(I)c2)C1=O)=C\c1ccccc1. The molecular weight excluding hydrogens is 527 g/mol. The van der Waals surface area contributed by atoms with E-state index < -0.39 is 0 Å². The predicted octanol–water partition coefficient (Wildman–Crippen LogP) is 5.86. The number of rotatable bonds is 7. The fraction of sp³-hybridized carbons (Fsp3) is 0.174. The molecule has 0 aliphatic carbocycles. The van der Waals surface area contributed by atoms with E-state index in [0.29, 0.717) is 28.6 Å². The topological polar surface area (TPSA) is 49.4 Å². The number of allylic oxidation sites excluding steroid dienone is 2. The van der Waals surface area contributed by atoms with Crippen molar-refractivity contribution in [2.75, 3.05) is 11.9 Å². The third kappa shape index (κ3) is 6.52. The minimum atomic E-state index is -0.0937. The Kier molecular flexibility index (Phi) is 8.24. The minimum absolute atomic E-state index is 0.0698. The van der Waals surface area contributed by atoms with Gasteiger partial charge in [-0.2, -0.15) is 0 Å². The highest BCUT2D eigenvalue weighted by Crippen LogP contribution is 2.32. The average molecular weight is 548 g/mol. The summed E-state index contributed by atoms with van der Waals surface area (Å²) in [6, 6.07) is 17.6. The minimum Gasteiger partial charge on any atom is -0.326 e. The van der Waals surface area contributed by atoms with Gasteiger partial charge in [0.05, 0.1) is 4.91 Å². The number of thiocarbonyl (C=S) groups is 1. The van der Waals surface area contributed by atoms with Crippen molar-refractivity contribution in [2.45, 2.75) is 19.8 Å². The monoisotopic (exact) mass is 548 g/mol. The predicted molar refractivity (Wildman–Crippen MR) is 137 cm³/mol. The third-order valence-electron chi connectivity index (χ3n) is 4.32. The molecule has 1 heterocycles. The lowest BCUT2D eigenvalue weighted by molar-refractivity contribution is -0.122. The van der Waals surface area contributed by atoms with Crippen LogP contribution < -0.4 is 5.32 Å². The van der Waals surface area contributed by atoms with Crippen molar-refractivity contribution in [1.29, 1.82) is 0 Å². The van der Waals surface area contributed by atoms with Crippen LogP contribution in [0.5, 0.6) is 0 Å². The van der Waals surface area contributed by atoms with Gasteiger partial charge in [-0.1, -0.05) is 66.5 Å². The Morgan fingerprint density at radius 3 is 2.70 bits per heavy atom. The molecule has 1 aliphatic rings. The molecule has 0 bridgehead atoms. The van der Waals surface area contributed by atoms with E-state index in [1.54, 1.807) is 4.90 Å². The molecule has 1 aliphatic heterocycles. The Morgan fingerprint density at radius 1 is 1.20 bits per heavy atom. The average Bonchev–Trinajstić information content (AvgIpc) is 2.96. The van der Waals surface area contributed by atoms with E-state index in [0.717, 1.165) is 20.4 Å². The standard InChI is InChI=1S/C23H21IN2O2S2/c1-16(13-17-7-3-2-4-8-17)14-20-22(28)26(23(29)30-20)12-6-11-21(27)25-19-10-5-9-18(24)15-19/h2-5,7-10,13-15H,6,11-12H2,1H3,(H,25,27)/b16-13+,20-14-. The Balaban J connectivity index is 1.53. The van der Waals surface area contributed by atoms with Gasteiger partial charge < -0.3 is 5.32 Å². The van der Waals surface area contributed by atoms with Crippen molar-refractivity contribution in [3.8, 4) is 0 Å². The van der Waals surface area contributed by atoms with Crippen LogP contribution in [0.1, 0.15) is 25.3 Å². The molecule has 0 radical (unpaired) electrons. The van der Waals surface area contributed by atoms with E-state index in [-0.39, 0.29) is 11.8 Å². The molecule has 1 fully saturated rings. The highest BCUT2D eigenvalue weighted by Gasteiger charge is 2.31. The maximum absolute atomic E-state index is 12.7. The zero-order valence-electron chi connectivity index (χ0n) is 16.4. The number of halogens is 1. The van der Waals surface area contributed by atoms with Crippen LogP contribution in [0.2, 0.25) is 0 Å². The van der Waals surface area contributed by atoms with Crippen molar-refractivity contribution in [1.82, 2.24) is 4.90 Å². The van der Waals surface area contributed by atoms with Crippen molar-refractivity contribution >= 4 is 74.5 Å². The second-order valence-corrected chi connectivity index (χ2v) is 9.72. The van der Waals surface area contributed by atoms with Crippen molar-refractivity contribution in [3.63, 3.8) is 0 Å². The van der Waals surface area contributed by atoms with Crippen LogP contribution in [-0.4, -0.2) is 27.6 Å². The zero-order chi connectivity index (χ0) is 21.5. The summed E-state index contributed by atoms with van der Waals surface area (Å²) in [6.07, 6.45) is 4.78. The Bertz CT molecular complexity index is 1020. The number of thioether (sulfide) groups is 1. The highest BCUT2D eigenvalue weighted by atomic mass is 127. The van der Waals surface area contributed by atoms with Gasteiger partial charge in [-0.05, 0) is 71.3 Å². The molecular formula is C23H21IN2O2S2. The molecule has 0 unspecified atom stereocenters. The fourth-order valence-electron chi connectivity index (χ4n) is 2.94.